The molecule has 7 nitrogen and oxygen atoms in total. The van der Waals surface area contributed by atoms with Gasteiger partial charge in [0.05, 0.1) is 20.6 Å². The molecule has 1 N–H and O–H groups in total. The molecular weight excluding hydrogens is 641 g/mol. The molecule has 10 heteroatoms. The highest BCUT2D eigenvalue weighted by Crippen LogP contribution is 2.30. The Morgan fingerprint density at radius 3 is 2.11 bits per heavy atom. The van der Waals surface area contributed by atoms with Gasteiger partial charge in [0.15, 0.2) is 0 Å². The van der Waals surface area contributed by atoms with Gasteiger partial charge in [-0.15, -0.1) is 0 Å². The van der Waals surface area contributed by atoms with E-state index in [1.807, 2.05) is 64.1 Å². The summed E-state index contributed by atoms with van der Waals surface area (Å²) < 4.78 is 29.6. The third-order valence-corrected chi connectivity index (χ3v) is 10.6. The fraction of sp³-hybridized carbons (Fsp3) is 0.278. The van der Waals surface area contributed by atoms with Crippen molar-refractivity contribution in [2.45, 2.75) is 64.1 Å². The van der Waals surface area contributed by atoms with Crippen LogP contribution < -0.4 is 9.62 Å². The summed E-state index contributed by atoms with van der Waals surface area (Å²) in [5.41, 5.74) is 3.47. The first-order valence-electron chi connectivity index (χ1n) is 15.1. The Morgan fingerprint density at radius 1 is 0.826 bits per heavy atom. The predicted octanol–water partition coefficient (Wildman–Crippen LogP) is 7.36. The molecule has 0 bridgehead atoms. The van der Waals surface area contributed by atoms with E-state index in [0.717, 1.165) is 21.0 Å². The number of hydrogen-bond donors (Lipinski definition) is 1. The summed E-state index contributed by atoms with van der Waals surface area (Å²) >= 11 is 12.6. The van der Waals surface area contributed by atoms with Gasteiger partial charge in [-0.25, -0.2) is 8.42 Å². The molecule has 0 saturated heterocycles. The first kappa shape index (κ1) is 35.0. The second-order valence-corrected chi connectivity index (χ2v) is 14.0. The molecule has 242 valence electrons. The highest BCUT2D eigenvalue weighted by molar-refractivity contribution is 7.92. The van der Waals surface area contributed by atoms with Crippen molar-refractivity contribution in [1.29, 1.82) is 0 Å². The first-order valence-corrected chi connectivity index (χ1v) is 17.3. The first-order chi connectivity index (χ1) is 21.9. The molecule has 4 aromatic rings. The SMILES string of the molecule is CC[C@H](C)NC(=O)[C@H](Cc1ccccc1)N(Cc1ccc(Cl)c(Cl)c1)C(=O)CN(c1cccc(C)c1C)S(=O)(=O)c1ccccc1. The molecule has 2 atom stereocenters. The minimum absolute atomic E-state index is 0.00677. The minimum Gasteiger partial charge on any atom is -0.352 e. The third kappa shape index (κ3) is 8.49. The Labute approximate surface area is 282 Å². The highest BCUT2D eigenvalue weighted by atomic mass is 35.5. The van der Waals surface area contributed by atoms with Gasteiger partial charge in [0.2, 0.25) is 11.8 Å². The van der Waals surface area contributed by atoms with Crippen molar-refractivity contribution in [3.63, 3.8) is 0 Å². The molecule has 0 aliphatic rings. The van der Waals surface area contributed by atoms with E-state index in [2.05, 4.69) is 5.32 Å². The van der Waals surface area contributed by atoms with Crippen LogP contribution in [0.3, 0.4) is 0 Å². The number of amides is 2. The number of hydrogen-bond acceptors (Lipinski definition) is 4. The van der Waals surface area contributed by atoms with E-state index in [1.54, 1.807) is 48.5 Å². The molecule has 0 unspecified atom stereocenters. The van der Waals surface area contributed by atoms with E-state index in [4.69, 9.17) is 23.2 Å². The van der Waals surface area contributed by atoms with Gasteiger partial charge in [-0.05, 0) is 79.8 Å². The van der Waals surface area contributed by atoms with Crippen LogP contribution in [-0.2, 0) is 32.6 Å². The lowest BCUT2D eigenvalue weighted by atomic mass is 10.0. The van der Waals surface area contributed by atoms with Gasteiger partial charge in [0.25, 0.3) is 10.0 Å². The number of aryl methyl sites for hydroxylation is 1. The fourth-order valence-corrected chi connectivity index (χ4v) is 6.88. The Kier molecular flexibility index (Phi) is 11.9. The number of sulfonamides is 1. The standard InChI is InChI=1S/C36H39Cl2N3O4S/c1-5-26(3)39-36(43)34(22-28-14-8-6-9-15-28)40(23-29-19-20-31(37)32(38)21-29)35(42)24-41(33-18-12-13-25(2)27(33)4)46(44,45)30-16-10-7-11-17-30/h6-21,26,34H,5,22-24H2,1-4H3,(H,39,43)/t26-,34-/m0/s1. The average molecular weight is 681 g/mol. The molecular formula is C36H39Cl2N3O4S. The van der Waals surface area contributed by atoms with Crippen molar-refractivity contribution >= 4 is 50.7 Å². The van der Waals surface area contributed by atoms with Crippen LogP contribution in [0.25, 0.3) is 0 Å². The van der Waals surface area contributed by atoms with E-state index >= 15 is 0 Å². The van der Waals surface area contributed by atoms with E-state index in [9.17, 15) is 18.0 Å². The Hall–Kier alpha value is -3.85. The summed E-state index contributed by atoms with van der Waals surface area (Å²) in [6, 6.07) is 26.7. The summed E-state index contributed by atoms with van der Waals surface area (Å²) in [6.07, 6.45) is 0.908. The maximum atomic E-state index is 14.6. The van der Waals surface area contributed by atoms with Gasteiger partial charge in [0, 0.05) is 19.0 Å². The quantitative estimate of drug-likeness (QED) is 0.160. The van der Waals surface area contributed by atoms with Crippen LogP contribution in [0.4, 0.5) is 5.69 Å². The van der Waals surface area contributed by atoms with Crippen molar-refractivity contribution in [1.82, 2.24) is 10.2 Å². The summed E-state index contributed by atoms with van der Waals surface area (Å²) in [5, 5.41) is 3.70. The number of halogens is 2. The number of carbonyl (C=O) groups is 2. The normalized spacial score (nSPS) is 12.7. The molecule has 46 heavy (non-hydrogen) atoms. The van der Waals surface area contributed by atoms with Crippen molar-refractivity contribution in [2.24, 2.45) is 0 Å². The maximum Gasteiger partial charge on any atom is 0.264 e. The molecule has 0 saturated carbocycles. The van der Waals surface area contributed by atoms with E-state index in [0.29, 0.717) is 27.7 Å². The summed E-state index contributed by atoms with van der Waals surface area (Å²) in [7, 11) is -4.19. The molecule has 0 aromatic heterocycles. The van der Waals surface area contributed by atoms with Gasteiger partial charge in [-0.1, -0.05) is 96.9 Å². The van der Waals surface area contributed by atoms with Crippen LogP contribution in [-0.4, -0.2) is 43.8 Å². The van der Waals surface area contributed by atoms with E-state index in [1.165, 1.54) is 17.0 Å². The summed E-state index contributed by atoms with van der Waals surface area (Å²) in [4.78, 5) is 30.1. The van der Waals surface area contributed by atoms with Crippen LogP contribution >= 0.6 is 23.2 Å². The Balaban J connectivity index is 1.85. The zero-order valence-corrected chi connectivity index (χ0v) is 28.7. The fourth-order valence-electron chi connectivity index (χ4n) is 5.07. The topological polar surface area (TPSA) is 86.8 Å². The summed E-state index contributed by atoms with van der Waals surface area (Å²) in [6.45, 7) is 7.04. The number of rotatable bonds is 13. The van der Waals surface area contributed by atoms with Crippen molar-refractivity contribution in [3.05, 3.63) is 129 Å². The molecule has 4 aromatic carbocycles. The lowest BCUT2D eigenvalue weighted by Gasteiger charge is -2.34. The van der Waals surface area contributed by atoms with Gasteiger partial charge < -0.3 is 10.2 Å². The zero-order chi connectivity index (χ0) is 33.4. The molecule has 0 fully saturated rings. The molecule has 0 radical (unpaired) electrons. The smallest absolute Gasteiger partial charge is 0.264 e. The highest BCUT2D eigenvalue weighted by Gasteiger charge is 2.35. The van der Waals surface area contributed by atoms with E-state index < -0.39 is 28.5 Å². The second kappa shape index (κ2) is 15.6. The molecule has 0 aliphatic heterocycles. The van der Waals surface area contributed by atoms with E-state index in [-0.39, 0.29) is 29.8 Å². The van der Waals surface area contributed by atoms with Crippen LogP contribution in [0, 0.1) is 13.8 Å². The van der Waals surface area contributed by atoms with Gasteiger partial charge in [-0.2, -0.15) is 0 Å². The monoisotopic (exact) mass is 679 g/mol. The zero-order valence-electron chi connectivity index (χ0n) is 26.4. The maximum absolute atomic E-state index is 14.6. The lowest BCUT2D eigenvalue weighted by molar-refractivity contribution is -0.140. The number of anilines is 1. The second-order valence-electron chi connectivity index (χ2n) is 11.3. The Morgan fingerprint density at radius 2 is 1.48 bits per heavy atom. The largest absolute Gasteiger partial charge is 0.352 e. The van der Waals surface area contributed by atoms with Gasteiger partial charge in [0.1, 0.15) is 12.6 Å². The molecule has 0 aliphatic carbocycles. The number of nitrogens with one attached hydrogen (secondary N) is 1. The van der Waals surface area contributed by atoms with Gasteiger partial charge >= 0.3 is 0 Å². The predicted molar refractivity (Wildman–Crippen MR) is 186 cm³/mol. The minimum atomic E-state index is -4.19. The Bertz CT molecular complexity index is 1770. The number of nitrogens with zero attached hydrogens (tertiary/aromatic N) is 2. The van der Waals surface area contributed by atoms with Crippen LogP contribution in [0.5, 0.6) is 0 Å². The molecule has 0 spiro atoms. The summed E-state index contributed by atoms with van der Waals surface area (Å²) in [5.74, 6) is -0.887. The van der Waals surface area contributed by atoms with Crippen LogP contribution in [0.2, 0.25) is 10.0 Å². The van der Waals surface area contributed by atoms with Crippen LogP contribution in [0.1, 0.15) is 42.5 Å². The molecule has 2 amide bonds. The third-order valence-electron chi connectivity index (χ3n) is 8.06. The number of benzene rings is 4. The number of carbonyl (C=O) groups excluding carboxylic acids is 2. The van der Waals surface area contributed by atoms with Crippen LogP contribution in [0.15, 0.2) is 102 Å². The van der Waals surface area contributed by atoms with Crippen molar-refractivity contribution < 1.29 is 18.0 Å². The lowest BCUT2D eigenvalue weighted by Crippen LogP contribution is -2.54. The average Bonchev–Trinajstić information content (AvgIpc) is 3.05. The van der Waals surface area contributed by atoms with Crippen molar-refractivity contribution in [2.75, 3.05) is 10.8 Å². The molecule has 4 rings (SSSR count). The van der Waals surface area contributed by atoms with Gasteiger partial charge in [-0.3, -0.25) is 13.9 Å². The molecule has 0 heterocycles. The van der Waals surface area contributed by atoms with Crippen molar-refractivity contribution in [3.8, 4) is 0 Å².